The second kappa shape index (κ2) is 30.9. The molecule has 0 aliphatic carbocycles. The summed E-state index contributed by atoms with van der Waals surface area (Å²) >= 11 is 0. The van der Waals surface area contributed by atoms with E-state index in [4.69, 9.17) is 5.11 Å². The Balaban J connectivity index is -0.000000235. The molecule has 0 spiro atoms. The number of hydrogen-bond acceptors (Lipinski definition) is 14. The molecule has 0 aromatic rings. The molecule has 27 heteroatoms. The van der Waals surface area contributed by atoms with Gasteiger partial charge >= 0.3 is 66.5 Å². The van der Waals surface area contributed by atoms with Crippen LogP contribution in [0.3, 0.4) is 0 Å². The molecule has 0 bridgehead atoms. The lowest BCUT2D eigenvalue weighted by Crippen LogP contribution is -2.48. The summed E-state index contributed by atoms with van der Waals surface area (Å²) in [5, 5.41) is 8.11. The number of ether oxygens (including phenoxy) is 6. The van der Waals surface area contributed by atoms with Crippen LogP contribution in [0.2, 0.25) is 0 Å². The maximum atomic E-state index is 12.9. The van der Waals surface area contributed by atoms with E-state index in [9.17, 15) is 91.0 Å². The molecule has 0 amide bonds. The van der Waals surface area contributed by atoms with Crippen molar-refractivity contribution in [2.45, 2.75) is 121 Å². The highest BCUT2D eigenvalue weighted by molar-refractivity contribution is 6.14. The first-order chi connectivity index (χ1) is 28.7. The van der Waals surface area contributed by atoms with Gasteiger partial charge in [-0.25, -0.2) is 9.59 Å². The van der Waals surface area contributed by atoms with Crippen molar-refractivity contribution < 1.29 is 125 Å². The van der Waals surface area contributed by atoms with Gasteiger partial charge in [0.2, 0.25) is 5.78 Å². The minimum atomic E-state index is -4.78. The van der Waals surface area contributed by atoms with E-state index in [1.54, 1.807) is 13.8 Å². The SMILES string of the molecule is CC(=O)C(F)(F)F.CC(C)(CC(=O)O)C(F)(F)F.CCOC(=O)C(C(=O)OCC)=C(C)C(F)(F)F.CCOC(=O)C(C(=O)OCC)C(C)(C)C(F)(F)F.CCOC(=O)CC(=O)OCC. The number of aliphatic carboxylic acids is 1. The van der Waals surface area contributed by atoms with Crippen LogP contribution in [0.4, 0.5) is 52.7 Å². The molecule has 376 valence electrons. The van der Waals surface area contributed by atoms with Crippen LogP contribution in [0.25, 0.3) is 0 Å². The topological polar surface area (TPSA) is 212 Å². The predicted molar refractivity (Wildman–Crippen MR) is 195 cm³/mol. The monoisotopic (exact) mass is 966 g/mol. The smallest absolute Gasteiger partial charge is 0.449 e. The van der Waals surface area contributed by atoms with E-state index in [-0.39, 0.29) is 46.1 Å². The summed E-state index contributed by atoms with van der Waals surface area (Å²) in [6.07, 6.45) is -19.8. The van der Waals surface area contributed by atoms with Gasteiger partial charge < -0.3 is 33.5 Å². The molecule has 0 saturated carbocycles. The zero-order valence-corrected chi connectivity index (χ0v) is 36.9. The summed E-state index contributed by atoms with van der Waals surface area (Å²) in [5.41, 5.74) is -7.12. The number of carboxylic acids is 1. The van der Waals surface area contributed by atoms with Crippen LogP contribution in [0, 0.1) is 16.7 Å². The first-order valence-corrected chi connectivity index (χ1v) is 18.4. The fraction of sp³-hybridized carbons (Fsp3) is 0.730. The van der Waals surface area contributed by atoms with Gasteiger partial charge in [-0.3, -0.25) is 28.8 Å². The molecule has 0 radical (unpaired) electrons. The van der Waals surface area contributed by atoms with Gasteiger partial charge in [0.1, 0.15) is 6.42 Å². The molecule has 0 aromatic heterocycles. The van der Waals surface area contributed by atoms with Gasteiger partial charge in [-0.2, -0.15) is 52.7 Å². The van der Waals surface area contributed by atoms with Crippen molar-refractivity contribution in [3.8, 4) is 0 Å². The van der Waals surface area contributed by atoms with E-state index in [0.29, 0.717) is 13.8 Å². The van der Waals surface area contributed by atoms with Crippen molar-refractivity contribution in [2.24, 2.45) is 16.7 Å². The molecule has 0 aliphatic heterocycles. The number of ketones is 1. The fourth-order valence-electron chi connectivity index (χ4n) is 3.26. The third-order valence-electron chi connectivity index (χ3n) is 6.92. The molecule has 0 aromatic carbocycles. The summed E-state index contributed by atoms with van der Waals surface area (Å²) in [6, 6.07) is 0. The molecule has 0 aliphatic rings. The van der Waals surface area contributed by atoms with Gasteiger partial charge in [0.15, 0.2) is 11.5 Å². The van der Waals surface area contributed by atoms with Crippen LogP contribution in [-0.4, -0.2) is 117 Å². The predicted octanol–water partition coefficient (Wildman–Crippen LogP) is 8.00. The van der Waals surface area contributed by atoms with Gasteiger partial charge in [0, 0.05) is 6.92 Å². The van der Waals surface area contributed by atoms with E-state index >= 15 is 0 Å². The number of allylic oxidation sites excluding steroid dienone is 1. The molecule has 0 heterocycles. The number of carbonyl (C=O) groups excluding carboxylic acids is 7. The van der Waals surface area contributed by atoms with Crippen LogP contribution >= 0.6 is 0 Å². The zero-order chi connectivity index (χ0) is 52.3. The highest BCUT2D eigenvalue weighted by Gasteiger charge is 2.59. The average molecular weight is 967 g/mol. The van der Waals surface area contributed by atoms with Crippen LogP contribution in [0.5, 0.6) is 0 Å². The Hall–Kier alpha value is -5.14. The quantitative estimate of drug-likeness (QED) is 0.0411. The van der Waals surface area contributed by atoms with Crippen molar-refractivity contribution in [3.63, 3.8) is 0 Å². The minimum Gasteiger partial charge on any atom is -0.481 e. The van der Waals surface area contributed by atoms with Crippen molar-refractivity contribution in [1.82, 2.24) is 0 Å². The van der Waals surface area contributed by atoms with E-state index in [2.05, 4.69) is 28.4 Å². The number of alkyl halides is 12. The summed E-state index contributed by atoms with van der Waals surface area (Å²) in [4.78, 5) is 86.1. The normalized spacial score (nSPS) is 11.4. The van der Waals surface area contributed by atoms with E-state index < -0.39 is 107 Å². The number of rotatable bonds is 15. The lowest BCUT2D eigenvalue weighted by atomic mass is 9.78. The second-order valence-corrected chi connectivity index (χ2v) is 12.9. The first kappa shape index (κ1) is 67.9. The average Bonchev–Trinajstić information content (AvgIpc) is 3.08. The van der Waals surface area contributed by atoms with Crippen molar-refractivity contribution in [1.29, 1.82) is 0 Å². The van der Waals surface area contributed by atoms with Gasteiger partial charge in [0.05, 0.1) is 62.5 Å². The Bertz CT molecular complexity index is 1470. The summed E-state index contributed by atoms with van der Waals surface area (Å²) < 4.78 is 171. The first-order valence-electron chi connectivity index (χ1n) is 18.4. The van der Waals surface area contributed by atoms with Crippen molar-refractivity contribution in [2.75, 3.05) is 39.6 Å². The number of halogens is 12. The molecule has 15 nitrogen and oxygen atoms in total. The Morgan fingerprint density at radius 1 is 0.484 bits per heavy atom. The third-order valence-corrected chi connectivity index (χ3v) is 6.92. The number of carboxylic acid groups (broad SMARTS) is 1. The molecule has 0 fully saturated rings. The molecule has 0 saturated heterocycles. The summed E-state index contributed by atoms with van der Waals surface area (Å²) in [7, 11) is 0. The number of hydrogen-bond donors (Lipinski definition) is 1. The summed E-state index contributed by atoms with van der Waals surface area (Å²) in [5.74, 6) is -11.4. The lowest BCUT2D eigenvalue weighted by molar-refractivity contribution is -0.236. The molecule has 64 heavy (non-hydrogen) atoms. The molecule has 0 rings (SSSR count). The van der Waals surface area contributed by atoms with Crippen molar-refractivity contribution in [3.05, 3.63) is 11.1 Å². The maximum absolute atomic E-state index is 12.9. The Morgan fingerprint density at radius 2 is 0.781 bits per heavy atom. The molecule has 0 unspecified atom stereocenters. The molecule has 1 N–H and O–H groups in total. The fourth-order valence-corrected chi connectivity index (χ4v) is 3.26. The molecular formula is C37H54F12O15. The highest BCUT2D eigenvalue weighted by Crippen LogP contribution is 2.44. The minimum absolute atomic E-state index is 0.108. The van der Waals surface area contributed by atoms with Crippen LogP contribution in [0.15, 0.2) is 11.1 Å². The van der Waals surface area contributed by atoms with Crippen molar-refractivity contribution >= 4 is 47.6 Å². The number of Topliss-reactive ketones (excluding diaryl/α,β-unsaturated/α-hetero) is 1. The molecule has 0 atom stereocenters. The van der Waals surface area contributed by atoms with Gasteiger partial charge in [0.25, 0.3) is 0 Å². The second-order valence-electron chi connectivity index (χ2n) is 12.9. The molecular weight excluding hydrogens is 912 g/mol. The van der Waals surface area contributed by atoms with E-state index in [1.165, 1.54) is 27.7 Å². The standard InChI is InChI=1S/C11H17F3O4.C10H13F3O4.C7H12O4.C6H9F3O2.C3H3F3O/c1-5-17-8(15)7(9(16)18-6-2)10(3,4)11(12,13)14;1-4-16-8(14)7(9(15)17-5-2)6(3)10(11,12)13;1-3-10-6(8)5-7(9)11-4-2;1-5(2,3-4(10)11)6(7,8)9;1-2(7)3(4,5)6/h7H,5-6H2,1-4H3;4-5H2,1-3H3;3-5H2,1-2H3;3H2,1-2H3,(H,10,11);1H3. The van der Waals surface area contributed by atoms with E-state index in [1.807, 2.05) is 0 Å². The van der Waals surface area contributed by atoms with Crippen LogP contribution < -0.4 is 0 Å². The Kier molecular flexibility index (Phi) is 32.8. The largest absolute Gasteiger partial charge is 0.481 e. The third kappa shape index (κ3) is 29.3. The number of esters is 6. The van der Waals surface area contributed by atoms with E-state index in [0.717, 1.165) is 27.7 Å². The van der Waals surface area contributed by atoms with Gasteiger partial charge in [-0.1, -0.05) is 13.8 Å². The highest BCUT2D eigenvalue weighted by atomic mass is 19.4. The Morgan fingerprint density at radius 3 is 0.969 bits per heavy atom. The van der Waals surface area contributed by atoms with Gasteiger partial charge in [-0.05, 0) is 62.3 Å². The van der Waals surface area contributed by atoms with Crippen LogP contribution in [0.1, 0.15) is 95.9 Å². The van der Waals surface area contributed by atoms with Gasteiger partial charge in [-0.15, -0.1) is 0 Å². The maximum Gasteiger partial charge on any atom is 0.449 e. The van der Waals surface area contributed by atoms with Crippen LogP contribution in [-0.2, 0) is 66.8 Å². The lowest BCUT2D eigenvalue weighted by Gasteiger charge is -2.32. The Labute approximate surface area is 360 Å². The summed E-state index contributed by atoms with van der Waals surface area (Å²) in [6.45, 7) is 13.6. The zero-order valence-electron chi connectivity index (χ0n) is 36.9. The number of carbonyl (C=O) groups is 8.